The molecule has 0 aromatic heterocycles. The van der Waals surface area contributed by atoms with Gasteiger partial charge in [-0.15, -0.1) is 0 Å². The number of hydrazone groups is 1. The highest BCUT2D eigenvalue weighted by molar-refractivity contribution is 6.53. The highest BCUT2D eigenvalue weighted by atomic mass is 16.4. The summed E-state index contributed by atoms with van der Waals surface area (Å²) >= 11 is 0. The number of aliphatic carboxylic acids is 1. The first-order valence-electron chi connectivity index (χ1n) is 10.9. The zero-order valence-electron chi connectivity index (χ0n) is 18.2. The molecule has 6 nitrogen and oxygen atoms in total. The summed E-state index contributed by atoms with van der Waals surface area (Å²) in [5.74, 6) is -1.67. The molecule has 5 rings (SSSR count). The summed E-state index contributed by atoms with van der Waals surface area (Å²) in [5.41, 5.74) is 5.84. The summed E-state index contributed by atoms with van der Waals surface area (Å²) in [7, 11) is 0. The molecule has 1 N–H and O–H groups in total. The number of hydrogen-bond donors (Lipinski definition) is 1. The lowest BCUT2D eigenvalue weighted by molar-refractivity contribution is -0.129. The third kappa shape index (κ3) is 3.91. The topological polar surface area (TPSA) is 73.2 Å². The lowest BCUT2D eigenvalue weighted by atomic mass is 9.97. The molecule has 0 radical (unpaired) electrons. The number of carbonyl (C=O) groups is 2. The Morgan fingerprint density at radius 1 is 1.00 bits per heavy atom. The van der Waals surface area contributed by atoms with E-state index in [1.54, 1.807) is 30.3 Å². The van der Waals surface area contributed by atoms with Gasteiger partial charge in [0, 0.05) is 17.9 Å². The SMILES string of the molecule is Cc1ccc(N2CCCc3cc(C=C4C(=O)N(c5ccccc5)N=C4C(=O)O)ccc32)cc1. The van der Waals surface area contributed by atoms with Gasteiger partial charge < -0.3 is 10.0 Å². The monoisotopic (exact) mass is 437 g/mol. The number of carboxylic acid groups (broad SMARTS) is 1. The van der Waals surface area contributed by atoms with Crippen molar-refractivity contribution >= 4 is 40.7 Å². The summed E-state index contributed by atoms with van der Waals surface area (Å²) in [6.45, 7) is 3.02. The Balaban J connectivity index is 1.49. The fraction of sp³-hybridized carbons (Fsp3) is 0.148. The van der Waals surface area contributed by atoms with Crippen LogP contribution < -0.4 is 9.91 Å². The van der Waals surface area contributed by atoms with Crippen LogP contribution in [0.5, 0.6) is 0 Å². The second-order valence-corrected chi connectivity index (χ2v) is 8.24. The van der Waals surface area contributed by atoms with Crippen molar-refractivity contribution in [2.75, 3.05) is 16.5 Å². The van der Waals surface area contributed by atoms with Gasteiger partial charge in [-0.3, -0.25) is 4.79 Å². The number of carbonyl (C=O) groups excluding carboxylic acids is 1. The minimum Gasteiger partial charge on any atom is -0.476 e. The molecule has 0 unspecified atom stereocenters. The van der Waals surface area contributed by atoms with E-state index in [-0.39, 0.29) is 11.3 Å². The first-order valence-corrected chi connectivity index (χ1v) is 10.9. The summed E-state index contributed by atoms with van der Waals surface area (Å²) < 4.78 is 0. The van der Waals surface area contributed by atoms with Crippen molar-refractivity contribution in [3.63, 3.8) is 0 Å². The standard InChI is InChI=1S/C27H23N3O3/c1-18-9-12-21(13-10-18)29-15-5-6-20-16-19(11-14-24(20)29)17-23-25(27(32)33)28-30(26(23)31)22-7-3-2-4-8-22/h2-4,7-14,16-17H,5-6,15H2,1H3,(H,32,33). The lowest BCUT2D eigenvalue weighted by Crippen LogP contribution is -2.24. The van der Waals surface area contributed by atoms with Gasteiger partial charge in [0.15, 0.2) is 5.71 Å². The van der Waals surface area contributed by atoms with Crippen LogP contribution in [0.2, 0.25) is 0 Å². The Morgan fingerprint density at radius 3 is 2.48 bits per heavy atom. The maximum atomic E-state index is 13.0. The third-order valence-electron chi connectivity index (χ3n) is 5.96. The van der Waals surface area contributed by atoms with Crippen molar-refractivity contribution in [2.24, 2.45) is 5.10 Å². The Morgan fingerprint density at radius 2 is 1.76 bits per heavy atom. The van der Waals surface area contributed by atoms with Gasteiger partial charge in [-0.05, 0) is 73.4 Å². The largest absolute Gasteiger partial charge is 0.476 e. The van der Waals surface area contributed by atoms with E-state index in [0.29, 0.717) is 5.69 Å². The van der Waals surface area contributed by atoms with E-state index in [9.17, 15) is 14.7 Å². The van der Waals surface area contributed by atoms with Crippen LogP contribution >= 0.6 is 0 Å². The van der Waals surface area contributed by atoms with E-state index in [2.05, 4.69) is 41.2 Å². The molecule has 6 heteroatoms. The predicted octanol–water partition coefficient (Wildman–Crippen LogP) is 4.95. The normalized spacial score (nSPS) is 16.7. The summed E-state index contributed by atoms with van der Waals surface area (Å²) in [6.07, 6.45) is 3.57. The van der Waals surface area contributed by atoms with Crippen LogP contribution in [0.15, 0.2) is 83.5 Å². The number of amides is 1. The highest BCUT2D eigenvalue weighted by Crippen LogP contribution is 2.35. The van der Waals surface area contributed by atoms with Gasteiger partial charge in [-0.25, -0.2) is 4.79 Å². The van der Waals surface area contributed by atoms with Crippen molar-refractivity contribution in [3.05, 3.63) is 95.1 Å². The van der Waals surface area contributed by atoms with Gasteiger partial charge in [0.05, 0.1) is 11.3 Å². The number of anilines is 3. The van der Waals surface area contributed by atoms with Crippen LogP contribution in [0.3, 0.4) is 0 Å². The molecule has 0 atom stereocenters. The van der Waals surface area contributed by atoms with Crippen LogP contribution in [0.4, 0.5) is 17.1 Å². The van der Waals surface area contributed by atoms with E-state index in [0.717, 1.165) is 41.3 Å². The quantitative estimate of drug-likeness (QED) is 0.586. The zero-order chi connectivity index (χ0) is 22.9. The molecular weight excluding hydrogens is 414 g/mol. The first-order chi connectivity index (χ1) is 16.0. The first kappa shape index (κ1) is 20.7. The minimum atomic E-state index is -1.23. The Hall–Kier alpha value is -4.19. The molecule has 164 valence electrons. The van der Waals surface area contributed by atoms with Crippen LogP contribution in [-0.4, -0.2) is 29.2 Å². The number of fused-ring (bicyclic) bond motifs is 1. The second kappa shape index (κ2) is 8.39. The van der Waals surface area contributed by atoms with Crippen molar-refractivity contribution in [1.29, 1.82) is 0 Å². The van der Waals surface area contributed by atoms with Crippen molar-refractivity contribution in [2.45, 2.75) is 19.8 Å². The molecule has 33 heavy (non-hydrogen) atoms. The smallest absolute Gasteiger partial charge is 0.357 e. The van der Waals surface area contributed by atoms with Gasteiger partial charge in [0.1, 0.15) is 0 Å². The lowest BCUT2D eigenvalue weighted by Gasteiger charge is -2.31. The number of carboxylic acids is 1. The number of para-hydroxylation sites is 1. The van der Waals surface area contributed by atoms with E-state index in [4.69, 9.17) is 0 Å². The molecule has 0 fully saturated rings. The van der Waals surface area contributed by atoms with Crippen molar-refractivity contribution in [1.82, 2.24) is 0 Å². The van der Waals surface area contributed by atoms with Crippen molar-refractivity contribution < 1.29 is 14.7 Å². The molecule has 0 aliphatic carbocycles. The molecule has 3 aromatic carbocycles. The van der Waals surface area contributed by atoms with Crippen LogP contribution in [-0.2, 0) is 16.0 Å². The average molecular weight is 437 g/mol. The Kier molecular flexibility index (Phi) is 5.26. The summed E-state index contributed by atoms with van der Waals surface area (Å²) in [6, 6.07) is 23.3. The highest BCUT2D eigenvalue weighted by Gasteiger charge is 2.35. The number of rotatable bonds is 4. The average Bonchev–Trinajstić information content (AvgIpc) is 3.16. The van der Waals surface area contributed by atoms with Gasteiger partial charge in [0.25, 0.3) is 5.91 Å². The summed E-state index contributed by atoms with van der Waals surface area (Å²) in [4.78, 5) is 27.2. The maximum Gasteiger partial charge on any atom is 0.357 e. The van der Waals surface area contributed by atoms with Gasteiger partial charge in [-0.2, -0.15) is 10.1 Å². The number of aryl methyl sites for hydroxylation is 2. The number of nitrogens with zero attached hydrogens (tertiary/aromatic N) is 3. The van der Waals surface area contributed by atoms with Crippen LogP contribution in [0.25, 0.3) is 6.08 Å². The fourth-order valence-electron chi connectivity index (χ4n) is 4.31. The fourth-order valence-corrected chi connectivity index (χ4v) is 4.31. The predicted molar refractivity (Wildman–Crippen MR) is 130 cm³/mol. The number of hydrogen-bond acceptors (Lipinski definition) is 4. The molecule has 0 bridgehead atoms. The van der Waals surface area contributed by atoms with Crippen LogP contribution in [0, 0.1) is 6.92 Å². The molecule has 0 spiro atoms. The molecule has 0 saturated carbocycles. The van der Waals surface area contributed by atoms with E-state index >= 15 is 0 Å². The molecule has 0 saturated heterocycles. The van der Waals surface area contributed by atoms with Crippen LogP contribution in [0.1, 0.15) is 23.1 Å². The van der Waals surface area contributed by atoms with E-state index in [1.165, 1.54) is 11.1 Å². The molecule has 2 aliphatic heterocycles. The van der Waals surface area contributed by atoms with Gasteiger partial charge in [-0.1, -0.05) is 42.0 Å². The second-order valence-electron chi connectivity index (χ2n) is 8.24. The Labute approximate surface area is 192 Å². The third-order valence-corrected chi connectivity index (χ3v) is 5.96. The van der Waals surface area contributed by atoms with E-state index in [1.807, 2.05) is 24.3 Å². The van der Waals surface area contributed by atoms with Gasteiger partial charge in [0.2, 0.25) is 0 Å². The molecule has 2 aliphatic rings. The molecular formula is C27H23N3O3. The molecule has 2 heterocycles. The minimum absolute atomic E-state index is 0.0810. The zero-order valence-corrected chi connectivity index (χ0v) is 18.2. The van der Waals surface area contributed by atoms with E-state index < -0.39 is 11.9 Å². The van der Waals surface area contributed by atoms with Gasteiger partial charge >= 0.3 is 5.97 Å². The summed E-state index contributed by atoms with van der Waals surface area (Å²) in [5, 5.41) is 14.9. The Bertz CT molecular complexity index is 1290. The maximum absolute atomic E-state index is 13.0. The molecule has 3 aromatic rings. The van der Waals surface area contributed by atoms with Crippen molar-refractivity contribution in [3.8, 4) is 0 Å². The number of benzene rings is 3. The molecule has 1 amide bonds.